The molecule has 4 heteroatoms. The molecular formula is C15H18FNO2. The number of hydrogen-bond acceptors (Lipinski definition) is 3. The number of likely N-dealkylation sites (tertiary alicyclic amines) is 1. The highest BCUT2D eigenvalue weighted by atomic mass is 19.1. The van der Waals surface area contributed by atoms with Crippen LogP contribution in [0.1, 0.15) is 24.0 Å². The van der Waals surface area contributed by atoms with Crippen LogP contribution >= 0.6 is 0 Å². The monoisotopic (exact) mass is 263 g/mol. The van der Waals surface area contributed by atoms with Gasteiger partial charge < -0.3 is 10.2 Å². The van der Waals surface area contributed by atoms with Gasteiger partial charge in [0.05, 0.1) is 6.10 Å². The fourth-order valence-electron chi connectivity index (χ4n) is 2.26. The molecular weight excluding hydrogens is 245 g/mol. The van der Waals surface area contributed by atoms with E-state index in [9.17, 15) is 9.50 Å². The molecule has 1 aromatic rings. The molecule has 0 aromatic heterocycles. The van der Waals surface area contributed by atoms with Gasteiger partial charge in [-0.05, 0) is 30.5 Å². The van der Waals surface area contributed by atoms with Crippen molar-refractivity contribution in [3.05, 3.63) is 35.1 Å². The van der Waals surface area contributed by atoms with Crippen molar-refractivity contribution >= 4 is 0 Å². The third-order valence-corrected chi connectivity index (χ3v) is 3.33. The lowest BCUT2D eigenvalue weighted by molar-refractivity contribution is 0.0792. The first-order valence-corrected chi connectivity index (χ1v) is 6.47. The van der Waals surface area contributed by atoms with Gasteiger partial charge in [-0.3, -0.25) is 4.90 Å². The summed E-state index contributed by atoms with van der Waals surface area (Å²) in [6.45, 7) is 2.14. The van der Waals surface area contributed by atoms with Crippen molar-refractivity contribution in [1.29, 1.82) is 0 Å². The van der Waals surface area contributed by atoms with Gasteiger partial charge in [0.1, 0.15) is 12.4 Å². The number of piperidine rings is 1. The summed E-state index contributed by atoms with van der Waals surface area (Å²) in [5.41, 5.74) is 1.58. The highest BCUT2D eigenvalue weighted by Crippen LogP contribution is 2.17. The zero-order valence-electron chi connectivity index (χ0n) is 10.8. The number of halogens is 1. The number of aliphatic hydroxyl groups excluding tert-OH is 2. The summed E-state index contributed by atoms with van der Waals surface area (Å²) >= 11 is 0. The Hall–Kier alpha value is -1.41. The van der Waals surface area contributed by atoms with Crippen LogP contribution in [0.3, 0.4) is 0 Å². The van der Waals surface area contributed by atoms with Crippen LogP contribution in [0.5, 0.6) is 0 Å². The van der Waals surface area contributed by atoms with E-state index in [1.165, 1.54) is 12.1 Å². The van der Waals surface area contributed by atoms with Gasteiger partial charge in [-0.25, -0.2) is 4.39 Å². The number of aliphatic hydroxyl groups is 2. The summed E-state index contributed by atoms with van der Waals surface area (Å²) in [6.07, 6.45) is 1.36. The van der Waals surface area contributed by atoms with E-state index < -0.39 is 0 Å². The highest BCUT2D eigenvalue weighted by molar-refractivity contribution is 5.41. The van der Waals surface area contributed by atoms with Crippen LogP contribution in [-0.4, -0.2) is 40.9 Å². The number of benzene rings is 1. The van der Waals surface area contributed by atoms with E-state index in [1.54, 1.807) is 6.07 Å². The SMILES string of the molecule is OCC#Cc1cc(F)ccc1CN1CCC(O)CC1. The summed E-state index contributed by atoms with van der Waals surface area (Å²) in [7, 11) is 0. The molecule has 0 aliphatic carbocycles. The maximum Gasteiger partial charge on any atom is 0.124 e. The van der Waals surface area contributed by atoms with Gasteiger partial charge in [-0.2, -0.15) is 0 Å². The Labute approximate surface area is 112 Å². The fraction of sp³-hybridized carbons (Fsp3) is 0.467. The summed E-state index contributed by atoms with van der Waals surface area (Å²) < 4.78 is 13.2. The van der Waals surface area contributed by atoms with Crippen LogP contribution in [-0.2, 0) is 6.54 Å². The third-order valence-electron chi connectivity index (χ3n) is 3.33. The number of rotatable bonds is 2. The Morgan fingerprint density at radius 3 is 2.74 bits per heavy atom. The number of hydrogen-bond donors (Lipinski definition) is 2. The maximum atomic E-state index is 13.2. The maximum absolute atomic E-state index is 13.2. The van der Waals surface area contributed by atoms with Gasteiger partial charge in [-0.1, -0.05) is 17.9 Å². The second kappa shape index (κ2) is 6.67. The number of nitrogens with zero attached hydrogens (tertiary/aromatic N) is 1. The van der Waals surface area contributed by atoms with E-state index in [4.69, 9.17) is 5.11 Å². The molecule has 0 spiro atoms. The van der Waals surface area contributed by atoms with Gasteiger partial charge in [0.25, 0.3) is 0 Å². The van der Waals surface area contributed by atoms with Crippen LogP contribution in [0, 0.1) is 17.7 Å². The summed E-state index contributed by atoms with van der Waals surface area (Å²) in [6, 6.07) is 4.57. The van der Waals surface area contributed by atoms with Crippen LogP contribution in [0.25, 0.3) is 0 Å². The quantitative estimate of drug-likeness (QED) is 0.786. The molecule has 1 fully saturated rings. The third kappa shape index (κ3) is 4.03. The zero-order chi connectivity index (χ0) is 13.7. The average Bonchev–Trinajstić information content (AvgIpc) is 2.41. The largest absolute Gasteiger partial charge is 0.393 e. The molecule has 3 nitrogen and oxygen atoms in total. The minimum absolute atomic E-state index is 0.196. The minimum Gasteiger partial charge on any atom is -0.393 e. The highest BCUT2D eigenvalue weighted by Gasteiger charge is 2.17. The molecule has 2 rings (SSSR count). The van der Waals surface area contributed by atoms with E-state index in [1.807, 2.05) is 0 Å². The molecule has 102 valence electrons. The van der Waals surface area contributed by atoms with Crippen molar-refractivity contribution in [1.82, 2.24) is 4.90 Å². The van der Waals surface area contributed by atoms with Gasteiger partial charge in [0.2, 0.25) is 0 Å². The molecule has 19 heavy (non-hydrogen) atoms. The lowest BCUT2D eigenvalue weighted by Crippen LogP contribution is -2.35. The van der Waals surface area contributed by atoms with Crippen LogP contribution in [0.4, 0.5) is 4.39 Å². The van der Waals surface area contributed by atoms with E-state index in [0.717, 1.165) is 31.5 Å². The van der Waals surface area contributed by atoms with Crippen molar-refractivity contribution < 1.29 is 14.6 Å². The average molecular weight is 263 g/mol. The summed E-state index contributed by atoms with van der Waals surface area (Å²) in [5.74, 6) is 5.02. The van der Waals surface area contributed by atoms with Crippen molar-refractivity contribution in [2.75, 3.05) is 19.7 Å². The second-order valence-electron chi connectivity index (χ2n) is 4.77. The Morgan fingerprint density at radius 1 is 1.32 bits per heavy atom. The molecule has 0 atom stereocenters. The van der Waals surface area contributed by atoms with Gasteiger partial charge >= 0.3 is 0 Å². The molecule has 0 unspecified atom stereocenters. The predicted molar refractivity (Wildman–Crippen MR) is 70.9 cm³/mol. The summed E-state index contributed by atoms with van der Waals surface area (Å²) in [5, 5.41) is 18.2. The molecule has 0 radical (unpaired) electrons. The Balaban J connectivity index is 2.10. The zero-order valence-corrected chi connectivity index (χ0v) is 10.8. The first-order chi connectivity index (χ1) is 9.19. The van der Waals surface area contributed by atoms with Crippen molar-refractivity contribution in [3.63, 3.8) is 0 Å². The smallest absolute Gasteiger partial charge is 0.124 e. The fourth-order valence-corrected chi connectivity index (χ4v) is 2.26. The lowest BCUT2D eigenvalue weighted by Gasteiger charge is -2.29. The molecule has 1 heterocycles. The molecule has 1 saturated heterocycles. The first kappa shape index (κ1) is 14.0. The molecule has 0 saturated carbocycles. The molecule has 1 aromatic carbocycles. The standard InChI is InChI=1S/C15H18FNO2/c16-14-4-3-13(12(10-14)2-1-9-18)11-17-7-5-15(19)6-8-17/h3-4,10,15,18-19H,5-9,11H2. The second-order valence-corrected chi connectivity index (χ2v) is 4.77. The predicted octanol–water partition coefficient (Wildman–Crippen LogP) is 1.13. The molecule has 1 aliphatic rings. The van der Waals surface area contributed by atoms with Crippen molar-refractivity contribution in [3.8, 4) is 11.8 Å². The van der Waals surface area contributed by atoms with Gasteiger partial charge in [-0.15, -0.1) is 0 Å². The van der Waals surface area contributed by atoms with E-state index in [0.29, 0.717) is 12.1 Å². The minimum atomic E-state index is -0.319. The molecule has 1 aliphatic heterocycles. The van der Waals surface area contributed by atoms with E-state index >= 15 is 0 Å². The molecule has 0 bridgehead atoms. The topological polar surface area (TPSA) is 43.7 Å². The van der Waals surface area contributed by atoms with Crippen LogP contribution < -0.4 is 0 Å². The molecule has 0 amide bonds. The first-order valence-electron chi connectivity index (χ1n) is 6.47. The Morgan fingerprint density at radius 2 is 2.05 bits per heavy atom. The van der Waals surface area contributed by atoms with Gasteiger partial charge in [0.15, 0.2) is 0 Å². The normalized spacial score (nSPS) is 17.0. The lowest BCUT2D eigenvalue weighted by atomic mass is 10.0. The van der Waals surface area contributed by atoms with Crippen molar-refractivity contribution in [2.45, 2.75) is 25.5 Å². The van der Waals surface area contributed by atoms with Crippen LogP contribution in [0.2, 0.25) is 0 Å². The van der Waals surface area contributed by atoms with E-state index in [-0.39, 0.29) is 18.5 Å². The van der Waals surface area contributed by atoms with Gasteiger partial charge in [0, 0.05) is 25.2 Å². The van der Waals surface area contributed by atoms with Crippen molar-refractivity contribution in [2.24, 2.45) is 0 Å². The Bertz CT molecular complexity index is 485. The van der Waals surface area contributed by atoms with E-state index in [2.05, 4.69) is 16.7 Å². The van der Waals surface area contributed by atoms with Crippen LogP contribution in [0.15, 0.2) is 18.2 Å². The Kier molecular flexibility index (Phi) is 4.92. The summed E-state index contributed by atoms with van der Waals surface area (Å²) in [4.78, 5) is 2.23. The molecule has 2 N–H and O–H groups in total.